The second-order valence-corrected chi connectivity index (χ2v) is 8.73. The molecule has 1 aliphatic rings. The third-order valence-corrected chi connectivity index (χ3v) is 6.34. The lowest BCUT2D eigenvalue weighted by molar-refractivity contribution is 0.194. The Kier molecular flexibility index (Phi) is 5.61. The van der Waals surface area contributed by atoms with Crippen molar-refractivity contribution in [3.05, 3.63) is 70.8 Å². The molecule has 164 valence electrons. The minimum Gasteiger partial charge on any atom is -0.497 e. The standard InChI is InChI=1S/C24H24BrN5O2/c1-32-19-5-2-4-17(14-19)16-26-24(31)29-12-10-28(11-13-29)23-22-6-3-9-30(22)21-8-7-18(25)15-20(21)27-23/h2-9,14-15H,10-13,16H2,1H3,(H,26,31). The predicted molar refractivity (Wildman–Crippen MR) is 129 cm³/mol. The van der Waals surface area contributed by atoms with E-state index in [4.69, 9.17) is 9.72 Å². The largest absolute Gasteiger partial charge is 0.497 e. The number of fused-ring (bicyclic) bond motifs is 3. The Bertz CT molecular complexity index is 1280. The van der Waals surface area contributed by atoms with Gasteiger partial charge in [0.05, 0.1) is 23.7 Å². The fraction of sp³-hybridized carbons (Fsp3) is 0.250. The maximum atomic E-state index is 12.7. The second kappa shape index (κ2) is 8.70. The van der Waals surface area contributed by atoms with Gasteiger partial charge in [-0.2, -0.15) is 0 Å². The number of aromatic nitrogens is 2. The van der Waals surface area contributed by atoms with Gasteiger partial charge in [0.25, 0.3) is 0 Å². The molecule has 8 heteroatoms. The van der Waals surface area contributed by atoms with Crippen LogP contribution in [0.5, 0.6) is 5.75 Å². The summed E-state index contributed by atoms with van der Waals surface area (Å²) in [5.41, 5.74) is 4.11. The number of amides is 2. The molecule has 5 rings (SSSR count). The van der Waals surface area contributed by atoms with E-state index in [0.29, 0.717) is 19.6 Å². The molecule has 0 radical (unpaired) electrons. The summed E-state index contributed by atoms with van der Waals surface area (Å²) in [6, 6.07) is 18.0. The van der Waals surface area contributed by atoms with Crippen LogP contribution >= 0.6 is 15.9 Å². The van der Waals surface area contributed by atoms with Crippen LogP contribution in [0.3, 0.4) is 0 Å². The molecule has 2 aromatic carbocycles. The van der Waals surface area contributed by atoms with Crippen LogP contribution in [0.2, 0.25) is 0 Å². The summed E-state index contributed by atoms with van der Waals surface area (Å²) >= 11 is 3.55. The molecule has 1 saturated heterocycles. The highest BCUT2D eigenvalue weighted by atomic mass is 79.9. The first-order chi connectivity index (χ1) is 15.6. The van der Waals surface area contributed by atoms with Crippen LogP contribution in [0, 0.1) is 0 Å². The number of nitrogens with zero attached hydrogens (tertiary/aromatic N) is 4. The van der Waals surface area contributed by atoms with E-state index in [9.17, 15) is 4.79 Å². The van der Waals surface area contributed by atoms with Crippen LogP contribution < -0.4 is 15.0 Å². The van der Waals surface area contributed by atoms with Gasteiger partial charge in [-0.05, 0) is 48.0 Å². The third kappa shape index (κ3) is 3.98. The number of hydrogen-bond acceptors (Lipinski definition) is 4. The lowest BCUT2D eigenvalue weighted by Gasteiger charge is -2.35. The van der Waals surface area contributed by atoms with E-state index < -0.39 is 0 Å². The first-order valence-electron chi connectivity index (χ1n) is 10.6. The minimum atomic E-state index is -0.0456. The van der Waals surface area contributed by atoms with Crippen LogP contribution in [0.4, 0.5) is 10.6 Å². The zero-order valence-electron chi connectivity index (χ0n) is 17.8. The molecule has 4 aromatic rings. The highest BCUT2D eigenvalue weighted by Gasteiger charge is 2.23. The molecule has 2 amide bonds. The van der Waals surface area contributed by atoms with Gasteiger partial charge in [-0.1, -0.05) is 28.1 Å². The van der Waals surface area contributed by atoms with Crippen molar-refractivity contribution in [1.29, 1.82) is 0 Å². The third-order valence-electron chi connectivity index (χ3n) is 5.85. The number of halogens is 1. The summed E-state index contributed by atoms with van der Waals surface area (Å²) in [4.78, 5) is 21.8. The van der Waals surface area contributed by atoms with Crippen LogP contribution in [0.1, 0.15) is 5.56 Å². The van der Waals surface area contributed by atoms with Crippen LogP contribution in [0.25, 0.3) is 16.6 Å². The number of hydrogen-bond donors (Lipinski definition) is 1. The first-order valence-corrected chi connectivity index (χ1v) is 11.4. The minimum absolute atomic E-state index is 0.0456. The fourth-order valence-electron chi connectivity index (χ4n) is 4.16. The van der Waals surface area contributed by atoms with E-state index in [1.165, 1.54) is 0 Å². The highest BCUT2D eigenvalue weighted by Crippen LogP contribution is 2.28. The van der Waals surface area contributed by atoms with Crippen molar-refractivity contribution in [3.8, 4) is 5.75 Å². The summed E-state index contributed by atoms with van der Waals surface area (Å²) in [6.45, 7) is 3.24. The Morgan fingerprint density at radius 3 is 2.72 bits per heavy atom. The lowest BCUT2D eigenvalue weighted by atomic mass is 10.2. The number of rotatable bonds is 4. The zero-order valence-corrected chi connectivity index (χ0v) is 19.4. The Labute approximate surface area is 194 Å². The van der Waals surface area contributed by atoms with E-state index in [0.717, 1.165) is 51.2 Å². The molecule has 0 atom stereocenters. The Balaban J connectivity index is 1.27. The van der Waals surface area contributed by atoms with Crippen molar-refractivity contribution in [3.63, 3.8) is 0 Å². The van der Waals surface area contributed by atoms with Gasteiger partial charge in [0.2, 0.25) is 0 Å². The molecule has 1 aliphatic heterocycles. The molecule has 0 spiro atoms. The molecule has 7 nitrogen and oxygen atoms in total. The molecule has 0 unspecified atom stereocenters. The second-order valence-electron chi connectivity index (χ2n) is 7.82. The molecular weight excluding hydrogens is 470 g/mol. The van der Waals surface area contributed by atoms with E-state index >= 15 is 0 Å². The molecule has 0 saturated carbocycles. The maximum Gasteiger partial charge on any atom is 0.317 e. The number of urea groups is 1. The van der Waals surface area contributed by atoms with Crippen molar-refractivity contribution in [2.24, 2.45) is 0 Å². The van der Waals surface area contributed by atoms with Crippen molar-refractivity contribution >= 4 is 44.3 Å². The molecule has 32 heavy (non-hydrogen) atoms. The highest BCUT2D eigenvalue weighted by molar-refractivity contribution is 9.10. The van der Waals surface area contributed by atoms with Gasteiger partial charge in [-0.3, -0.25) is 0 Å². The number of methoxy groups -OCH3 is 1. The Morgan fingerprint density at radius 1 is 1.06 bits per heavy atom. The number of anilines is 1. The number of piperazine rings is 1. The summed E-state index contributed by atoms with van der Waals surface area (Å²) < 4.78 is 8.44. The van der Waals surface area contributed by atoms with Crippen LogP contribution in [-0.2, 0) is 6.54 Å². The van der Waals surface area contributed by atoms with E-state index in [1.54, 1.807) is 7.11 Å². The summed E-state index contributed by atoms with van der Waals surface area (Å²) in [6.07, 6.45) is 2.07. The number of carbonyl (C=O) groups is 1. The van der Waals surface area contributed by atoms with Gasteiger partial charge in [-0.15, -0.1) is 0 Å². The van der Waals surface area contributed by atoms with Crippen LogP contribution in [-0.4, -0.2) is 53.6 Å². The molecule has 0 aliphatic carbocycles. The van der Waals surface area contributed by atoms with Gasteiger partial charge < -0.3 is 24.3 Å². The summed E-state index contributed by atoms with van der Waals surface area (Å²) in [7, 11) is 1.64. The average molecular weight is 494 g/mol. The number of carbonyl (C=O) groups excluding carboxylic acids is 1. The summed E-state index contributed by atoms with van der Waals surface area (Å²) in [5, 5.41) is 3.02. The average Bonchev–Trinajstić information content (AvgIpc) is 3.32. The van der Waals surface area contributed by atoms with E-state index in [1.807, 2.05) is 47.4 Å². The normalized spacial score (nSPS) is 14.2. The summed E-state index contributed by atoms with van der Waals surface area (Å²) in [5.74, 6) is 1.74. The number of benzene rings is 2. The topological polar surface area (TPSA) is 62.1 Å². The van der Waals surface area contributed by atoms with E-state index in [2.05, 4.69) is 48.9 Å². The molecule has 2 aromatic heterocycles. The molecular formula is C24H24BrN5O2. The quantitative estimate of drug-likeness (QED) is 0.460. The molecule has 0 bridgehead atoms. The van der Waals surface area contributed by atoms with Gasteiger partial charge in [0, 0.05) is 43.4 Å². The van der Waals surface area contributed by atoms with Crippen molar-refractivity contribution in [2.75, 3.05) is 38.2 Å². The smallest absolute Gasteiger partial charge is 0.317 e. The first kappa shape index (κ1) is 20.6. The van der Waals surface area contributed by atoms with Gasteiger partial charge in [0.1, 0.15) is 5.75 Å². The zero-order chi connectivity index (χ0) is 22.1. The molecule has 3 heterocycles. The Morgan fingerprint density at radius 2 is 1.91 bits per heavy atom. The van der Waals surface area contributed by atoms with Gasteiger partial charge >= 0.3 is 6.03 Å². The Hall–Kier alpha value is -3.26. The van der Waals surface area contributed by atoms with Gasteiger partial charge in [-0.25, -0.2) is 9.78 Å². The molecule has 1 fully saturated rings. The van der Waals surface area contributed by atoms with Gasteiger partial charge in [0.15, 0.2) is 5.82 Å². The number of nitrogens with one attached hydrogen (secondary N) is 1. The lowest BCUT2D eigenvalue weighted by Crippen LogP contribution is -2.52. The van der Waals surface area contributed by atoms with Crippen molar-refractivity contribution in [1.82, 2.24) is 19.6 Å². The van der Waals surface area contributed by atoms with Crippen molar-refractivity contribution in [2.45, 2.75) is 6.54 Å². The predicted octanol–water partition coefficient (Wildman–Crippen LogP) is 4.29. The maximum absolute atomic E-state index is 12.7. The van der Waals surface area contributed by atoms with Crippen LogP contribution in [0.15, 0.2) is 65.3 Å². The monoisotopic (exact) mass is 493 g/mol. The fourth-order valence-corrected chi connectivity index (χ4v) is 4.51. The van der Waals surface area contributed by atoms with Crippen molar-refractivity contribution < 1.29 is 9.53 Å². The van der Waals surface area contributed by atoms with E-state index in [-0.39, 0.29) is 6.03 Å². The molecule has 1 N–H and O–H groups in total. The number of ether oxygens (including phenoxy) is 1. The SMILES string of the molecule is COc1cccc(CNC(=O)N2CCN(c3nc4cc(Br)ccc4n4cccc34)CC2)c1.